The van der Waals surface area contributed by atoms with Crippen LogP contribution in [0.3, 0.4) is 0 Å². The van der Waals surface area contributed by atoms with E-state index in [9.17, 15) is 14.3 Å². The van der Waals surface area contributed by atoms with Gasteiger partial charge in [-0.3, -0.25) is 4.79 Å². The van der Waals surface area contributed by atoms with Gasteiger partial charge in [0.25, 0.3) is 0 Å². The summed E-state index contributed by atoms with van der Waals surface area (Å²) in [6.45, 7) is -0.368. The lowest BCUT2D eigenvalue weighted by atomic mass is 10.2. The minimum absolute atomic E-state index is 0.0000978. The predicted molar refractivity (Wildman–Crippen MR) is 71.4 cm³/mol. The molecule has 104 valence electrons. The molecule has 2 rings (SSSR count). The fourth-order valence-corrected chi connectivity index (χ4v) is 3.26. The third kappa shape index (κ3) is 3.20. The average Bonchev–Trinajstić information content (AvgIpc) is 2.74. The summed E-state index contributed by atoms with van der Waals surface area (Å²) in [6.07, 6.45) is -0.985. The highest BCUT2D eigenvalue weighted by molar-refractivity contribution is 8.00. The SMILES string of the molecule is O=C1CSC(c2ccc(F)c(Cl)c2)N1C[C@H](O)CO. The van der Waals surface area contributed by atoms with E-state index in [1.807, 2.05) is 0 Å². The zero-order chi connectivity index (χ0) is 14.0. The van der Waals surface area contributed by atoms with Gasteiger partial charge < -0.3 is 15.1 Å². The number of β-amino-alcohol motifs (C(OH)–C–C–N with tert-alkyl or cyclic N) is 1. The molecular formula is C12H13ClFNO3S. The van der Waals surface area contributed by atoms with Gasteiger partial charge in [-0.2, -0.15) is 0 Å². The Bertz CT molecular complexity index is 488. The van der Waals surface area contributed by atoms with Crippen LogP contribution in [-0.2, 0) is 4.79 Å². The minimum atomic E-state index is -0.985. The van der Waals surface area contributed by atoms with Crippen LogP contribution in [0.25, 0.3) is 0 Å². The van der Waals surface area contributed by atoms with E-state index in [4.69, 9.17) is 16.7 Å². The summed E-state index contributed by atoms with van der Waals surface area (Å²) in [5, 5.41) is 18.0. The number of nitrogens with zero attached hydrogens (tertiary/aromatic N) is 1. The van der Waals surface area contributed by atoms with E-state index in [0.717, 1.165) is 0 Å². The summed E-state index contributed by atoms with van der Waals surface area (Å²) in [5.41, 5.74) is 0.701. The standard InChI is InChI=1S/C12H13ClFNO3S/c13-9-3-7(1-2-10(9)14)12-15(4-8(17)5-16)11(18)6-19-12/h1-3,8,12,16-17H,4-6H2/t8-,12?/m0/s1. The molecule has 1 amide bonds. The highest BCUT2D eigenvalue weighted by Crippen LogP contribution is 2.39. The molecule has 0 aromatic heterocycles. The van der Waals surface area contributed by atoms with Crippen molar-refractivity contribution in [1.29, 1.82) is 0 Å². The van der Waals surface area contributed by atoms with Crippen molar-refractivity contribution in [2.24, 2.45) is 0 Å². The lowest BCUT2D eigenvalue weighted by molar-refractivity contribution is -0.129. The summed E-state index contributed by atoms with van der Waals surface area (Å²) < 4.78 is 13.1. The molecule has 7 heteroatoms. The Morgan fingerprint density at radius 1 is 1.58 bits per heavy atom. The molecule has 1 unspecified atom stereocenters. The lowest BCUT2D eigenvalue weighted by Gasteiger charge is -2.26. The smallest absolute Gasteiger partial charge is 0.233 e. The summed E-state index contributed by atoms with van der Waals surface area (Å²) in [6, 6.07) is 4.29. The highest BCUT2D eigenvalue weighted by atomic mass is 35.5. The van der Waals surface area contributed by atoms with Crippen molar-refractivity contribution >= 4 is 29.3 Å². The van der Waals surface area contributed by atoms with Crippen LogP contribution >= 0.6 is 23.4 Å². The number of benzene rings is 1. The summed E-state index contributed by atoms with van der Waals surface area (Å²) in [4.78, 5) is 13.2. The van der Waals surface area contributed by atoms with E-state index < -0.39 is 18.5 Å². The van der Waals surface area contributed by atoms with Crippen molar-refractivity contribution in [2.75, 3.05) is 18.9 Å². The van der Waals surface area contributed by atoms with Crippen molar-refractivity contribution in [2.45, 2.75) is 11.5 Å². The second kappa shape index (κ2) is 6.09. The van der Waals surface area contributed by atoms with Crippen LogP contribution in [0.5, 0.6) is 0 Å². The maximum absolute atomic E-state index is 13.1. The lowest BCUT2D eigenvalue weighted by Crippen LogP contribution is -2.37. The van der Waals surface area contributed by atoms with Crippen LogP contribution in [0, 0.1) is 5.82 Å². The molecule has 0 bridgehead atoms. The van der Waals surface area contributed by atoms with E-state index in [2.05, 4.69) is 0 Å². The molecule has 1 aromatic rings. The highest BCUT2D eigenvalue weighted by Gasteiger charge is 2.34. The van der Waals surface area contributed by atoms with E-state index >= 15 is 0 Å². The van der Waals surface area contributed by atoms with Gasteiger partial charge in [-0.1, -0.05) is 17.7 Å². The van der Waals surface area contributed by atoms with Crippen molar-refractivity contribution in [3.8, 4) is 0 Å². The van der Waals surface area contributed by atoms with Crippen LogP contribution in [0.4, 0.5) is 4.39 Å². The van der Waals surface area contributed by atoms with Gasteiger partial charge in [0.2, 0.25) is 5.91 Å². The number of amides is 1. The molecule has 2 atom stereocenters. The van der Waals surface area contributed by atoms with E-state index in [1.54, 1.807) is 6.07 Å². The summed E-state index contributed by atoms with van der Waals surface area (Å²) >= 11 is 7.11. The average molecular weight is 306 g/mol. The molecule has 1 saturated heterocycles. The van der Waals surface area contributed by atoms with Crippen molar-refractivity contribution < 1.29 is 19.4 Å². The summed E-state index contributed by atoms with van der Waals surface area (Å²) in [7, 11) is 0. The molecule has 4 nitrogen and oxygen atoms in total. The van der Waals surface area contributed by atoms with Crippen LogP contribution in [0.2, 0.25) is 5.02 Å². The van der Waals surface area contributed by atoms with Crippen molar-refractivity contribution in [3.05, 3.63) is 34.6 Å². The van der Waals surface area contributed by atoms with Gasteiger partial charge >= 0.3 is 0 Å². The first-order chi connectivity index (χ1) is 9.02. The minimum Gasteiger partial charge on any atom is -0.394 e. The van der Waals surface area contributed by atoms with Gasteiger partial charge in [0.05, 0.1) is 30.0 Å². The van der Waals surface area contributed by atoms with Crippen LogP contribution < -0.4 is 0 Å². The number of carbonyl (C=O) groups excluding carboxylic acids is 1. The Labute approximate surface area is 119 Å². The summed E-state index contributed by atoms with van der Waals surface area (Å²) in [5.74, 6) is -0.345. The first-order valence-electron chi connectivity index (χ1n) is 5.68. The number of hydrogen-bond donors (Lipinski definition) is 2. The number of carbonyl (C=O) groups is 1. The largest absolute Gasteiger partial charge is 0.394 e. The molecule has 1 heterocycles. The second-order valence-corrected chi connectivity index (χ2v) is 5.70. The van der Waals surface area contributed by atoms with E-state index in [0.29, 0.717) is 5.56 Å². The van der Waals surface area contributed by atoms with Gasteiger partial charge in [-0.05, 0) is 17.7 Å². The maximum atomic E-state index is 13.1. The Kier molecular flexibility index (Phi) is 4.67. The first kappa shape index (κ1) is 14.6. The molecule has 2 N–H and O–H groups in total. The van der Waals surface area contributed by atoms with Crippen LogP contribution in [-0.4, -0.2) is 46.0 Å². The maximum Gasteiger partial charge on any atom is 0.233 e. The molecule has 0 radical (unpaired) electrons. The second-order valence-electron chi connectivity index (χ2n) is 4.22. The van der Waals surface area contributed by atoms with Crippen molar-refractivity contribution in [3.63, 3.8) is 0 Å². The number of rotatable bonds is 4. The fraction of sp³-hybridized carbons (Fsp3) is 0.417. The Morgan fingerprint density at radius 2 is 2.32 bits per heavy atom. The fourth-order valence-electron chi connectivity index (χ4n) is 1.88. The Balaban J connectivity index is 2.21. The van der Waals surface area contributed by atoms with Gasteiger partial charge in [0.15, 0.2) is 0 Å². The molecule has 1 fully saturated rings. The molecule has 19 heavy (non-hydrogen) atoms. The van der Waals surface area contributed by atoms with E-state index in [1.165, 1.54) is 28.8 Å². The zero-order valence-corrected chi connectivity index (χ0v) is 11.5. The number of hydrogen-bond acceptors (Lipinski definition) is 4. The third-order valence-electron chi connectivity index (χ3n) is 2.82. The third-order valence-corrected chi connectivity index (χ3v) is 4.36. The Morgan fingerprint density at radius 3 is 2.95 bits per heavy atom. The van der Waals surface area contributed by atoms with Gasteiger partial charge in [-0.25, -0.2) is 4.39 Å². The van der Waals surface area contributed by atoms with E-state index in [-0.39, 0.29) is 28.6 Å². The number of halogens is 2. The van der Waals surface area contributed by atoms with Crippen LogP contribution in [0.1, 0.15) is 10.9 Å². The van der Waals surface area contributed by atoms with Gasteiger partial charge in [0, 0.05) is 0 Å². The predicted octanol–water partition coefficient (Wildman–Crippen LogP) is 1.41. The number of aliphatic hydroxyl groups excluding tert-OH is 2. The molecule has 0 spiro atoms. The number of thioether (sulfide) groups is 1. The monoisotopic (exact) mass is 305 g/mol. The topological polar surface area (TPSA) is 60.8 Å². The normalized spacial score (nSPS) is 20.9. The molecule has 0 aliphatic carbocycles. The molecule has 0 saturated carbocycles. The zero-order valence-electron chi connectivity index (χ0n) is 9.92. The van der Waals surface area contributed by atoms with Gasteiger partial charge in [-0.15, -0.1) is 11.8 Å². The Hall–Kier alpha value is -0.820. The molecular weight excluding hydrogens is 293 g/mol. The molecule has 1 aliphatic rings. The number of aliphatic hydroxyl groups is 2. The molecule has 1 aromatic carbocycles. The quantitative estimate of drug-likeness (QED) is 0.883. The molecule has 1 aliphatic heterocycles. The first-order valence-corrected chi connectivity index (χ1v) is 7.10. The van der Waals surface area contributed by atoms with Crippen LogP contribution in [0.15, 0.2) is 18.2 Å². The van der Waals surface area contributed by atoms with Crippen molar-refractivity contribution in [1.82, 2.24) is 4.90 Å². The van der Waals surface area contributed by atoms with Gasteiger partial charge in [0.1, 0.15) is 11.2 Å².